The molecule has 0 aliphatic carbocycles. The number of thioether (sulfide) groups is 1. The van der Waals surface area contributed by atoms with E-state index in [-0.39, 0.29) is 0 Å². The molecule has 1 rings (SSSR count). The normalized spacial score (nSPS) is 25.8. The van der Waals surface area contributed by atoms with E-state index in [0.29, 0.717) is 0 Å². The Morgan fingerprint density at radius 1 is 1.70 bits per heavy atom. The molecule has 1 aliphatic rings. The predicted molar refractivity (Wildman–Crippen MR) is 41.4 cm³/mol. The first-order chi connectivity index (χ1) is 4.52. The molecule has 6 heteroatoms. The molecule has 0 saturated carbocycles. The highest BCUT2D eigenvalue weighted by molar-refractivity contribution is 8.03. The van der Waals surface area contributed by atoms with Crippen LogP contribution in [0.2, 0.25) is 0 Å². The second-order valence-corrected chi connectivity index (χ2v) is 4.82. The molecule has 0 aromatic rings. The van der Waals surface area contributed by atoms with Crippen molar-refractivity contribution in [2.75, 3.05) is 6.26 Å². The van der Waals surface area contributed by atoms with E-state index in [1.54, 1.807) is 5.41 Å². The van der Waals surface area contributed by atoms with Crippen molar-refractivity contribution in [2.45, 2.75) is 5.50 Å². The molecule has 2 N–H and O–H groups in total. The van der Waals surface area contributed by atoms with Gasteiger partial charge in [0.1, 0.15) is 5.50 Å². The minimum atomic E-state index is -3.15. The van der Waals surface area contributed by atoms with Crippen LogP contribution in [0.1, 0.15) is 0 Å². The van der Waals surface area contributed by atoms with Gasteiger partial charge in [0.25, 0.3) is 0 Å². The fourth-order valence-electron chi connectivity index (χ4n) is 0.620. The fourth-order valence-corrected chi connectivity index (χ4v) is 2.53. The molecule has 0 saturated heterocycles. The van der Waals surface area contributed by atoms with Crippen LogP contribution >= 0.6 is 11.8 Å². The Morgan fingerprint density at radius 2 is 2.30 bits per heavy atom. The summed E-state index contributed by atoms with van der Waals surface area (Å²) in [7, 11) is -3.15. The lowest BCUT2D eigenvalue weighted by molar-refractivity contribution is 0.498. The first-order valence-corrected chi connectivity index (χ1v) is 5.37. The Labute approximate surface area is 64.1 Å². The molecule has 1 heterocycles. The average molecular weight is 180 g/mol. The van der Waals surface area contributed by atoms with Crippen molar-refractivity contribution in [3.8, 4) is 0 Å². The minimum absolute atomic E-state index is 0.477. The standard InChI is InChI=1S/C4H8N2O2S2/c1-10(7,8)6-2-3-9-4(6)5/h2-4H,5H2,1H3. The molecule has 1 atom stereocenters. The molecular weight excluding hydrogens is 172 g/mol. The molecule has 0 aromatic heterocycles. The molecule has 0 radical (unpaired) electrons. The van der Waals surface area contributed by atoms with Crippen molar-refractivity contribution in [1.82, 2.24) is 4.31 Å². The molecule has 1 unspecified atom stereocenters. The minimum Gasteiger partial charge on any atom is -0.301 e. The molecule has 10 heavy (non-hydrogen) atoms. The van der Waals surface area contributed by atoms with E-state index in [1.807, 2.05) is 0 Å². The van der Waals surface area contributed by atoms with Crippen molar-refractivity contribution >= 4 is 21.8 Å². The smallest absolute Gasteiger partial charge is 0.233 e. The monoisotopic (exact) mass is 180 g/mol. The van der Waals surface area contributed by atoms with E-state index in [4.69, 9.17) is 5.73 Å². The molecular formula is C4H8N2O2S2. The maximum absolute atomic E-state index is 10.8. The van der Waals surface area contributed by atoms with Crippen molar-refractivity contribution in [3.63, 3.8) is 0 Å². The van der Waals surface area contributed by atoms with E-state index in [9.17, 15) is 8.42 Å². The lowest BCUT2D eigenvalue weighted by Crippen LogP contribution is -2.36. The van der Waals surface area contributed by atoms with Gasteiger partial charge in [-0.3, -0.25) is 4.31 Å². The second kappa shape index (κ2) is 2.44. The van der Waals surface area contributed by atoms with Gasteiger partial charge in [-0.2, -0.15) is 0 Å². The molecule has 0 aromatic carbocycles. The van der Waals surface area contributed by atoms with Gasteiger partial charge in [-0.1, -0.05) is 11.8 Å². The molecule has 0 fully saturated rings. The summed E-state index contributed by atoms with van der Waals surface area (Å²) in [5.41, 5.74) is 4.94. The van der Waals surface area contributed by atoms with E-state index < -0.39 is 15.5 Å². The largest absolute Gasteiger partial charge is 0.301 e. The van der Waals surface area contributed by atoms with Crippen LogP contribution in [0.4, 0.5) is 0 Å². The molecule has 1 aliphatic heterocycles. The Morgan fingerprint density at radius 3 is 2.50 bits per heavy atom. The van der Waals surface area contributed by atoms with Crippen LogP contribution in [-0.4, -0.2) is 24.5 Å². The van der Waals surface area contributed by atoms with Gasteiger partial charge in [0.15, 0.2) is 0 Å². The summed E-state index contributed by atoms with van der Waals surface area (Å²) < 4.78 is 22.8. The number of sulfonamides is 1. The number of hydrogen-bond donors (Lipinski definition) is 1. The van der Waals surface area contributed by atoms with Gasteiger partial charge in [0, 0.05) is 6.20 Å². The van der Waals surface area contributed by atoms with Crippen LogP contribution in [0.15, 0.2) is 11.6 Å². The fraction of sp³-hybridized carbons (Fsp3) is 0.500. The maximum Gasteiger partial charge on any atom is 0.233 e. The van der Waals surface area contributed by atoms with Gasteiger partial charge in [0.05, 0.1) is 6.26 Å². The van der Waals surface area contributed by atoms with Crippen LogP contribution in [-0.2, 0) is 10.0 Å². The van der Waals surface area contributed by atoms with Gasteiger partial charge < -0.3 is 5.73 Å². The Balaban J connectivity index is 2.84. The van der Waals surface area contributed by atoms with Gasteiger partial charge in [0.2, 0.25) is 10.0 Å². The molecule has 0 amide bonds. The maximum atomic E-state index is 10.8. The molecule has 0 spiro atoms. The summed E-state index contributed by atoms with van der Waals surface area (Å²) in [5.74, 6) is 0. The topological polar surface area (TPSA) is 63.4 Å². The van der Waals surface area contributed by atoms with Crippen molar-refractivity contribution < 1.29 is 8.42 Å². The predicted octanol–water partition coefficient (Wildman–Crippen LogP) is -0.292. The third-order valence-corrected chi connectivity index (χ3v) is 3.09. The highest BCUT2D eigenvalue weighted by Gasteiger charge is 2.23. The van der Waals surface area contributed by atoms with Crippen molar-refractivity contribution in [2.24, 2.45) is 5.73 Å². The summed E-state index contributed by atoms with van der Waals surface area (Å²) >= 11 is 1.28. The average Bonchev–Trinajstić information content (AvgIpc) is 2.11. The zero-order valence-corrected chi connectivity index (χ0v) is 7.02. The van der Waals surface area contributed by atoms with Crippen LogP contribution in [0, 0.1) is 0 Å². The number of nitrogens with zero attached hydrogens (tertiary/aromatic N) is 1. The zero-order valence-electron chi connectivity index (χ0n) is 5.39. The second-order valence-electron chi connectivity index (χ2n) is 1.90. The van der Waals surface area contributed by atoms with E-state index in [0.717, 1.165) is 10.6 Å². The van der Waals surface area contributed by atoms with Gasteiger partial charge in [-0.05, 0) is 5.41 Å². The highest BCUT2D eigenvalue weighted by Crippen LogP contribution is 2.22. The molecule has 4 nitrogen and oxygen atoms in total. The van der Waals surface area contributed by atoms with Crippen LogP contribution in [0.3, 0.4) is 0 Å². The Hall–Kier alpha value is -0.200. The first kappa shape index (κ1) is 7.90. The van der Waals surface area contributed by atoms with Crippen molar-refractivity contribution in [1.29, 1.82) is 0 Å². The zero-order chi connectivity index (χ0) is 7.78. The van der Waals surface area contributed by atoms with Crippen LogP contribution < -0.4 is 5.73 Å². The van der Waals surface area contributed by atoms with E-state index in [2.05, 4.69) is 0 Å². The SMILES string of the molecule is CS(=O)(=O)N1C=CSC1N. The highest BCUT2D eigenvalue weighted by atomic mass is 32.2. The van der Waals surface area contributed by atoms with E-state index >= 15 is 0 Å². The van der Waals surface area contributed by atoms with Crippen LogP contribution in [0.25, 0.3) is 0 Å². The summed E-state index contributed by atoms with van der Waals surface area (Å²) in [6.07, 6.45) is 2.59. The first-order valence-electron chi connectivity index (χ1n) is 2.58. The summed E-state index contributed by atoms with van der Waals surface area (Å²) in [5, 5.41) is 1.66. The van der Waals surface area contributed by atoms with Gasteiger partial charge in [-0.25, -0.2) is 8.42 Å². The third-order valence-electron chi connectivity index (χ3n) is 1.06. The summed E-state index contributed by atoms with van der Waals surface area (Å²) in [6.45, 7) is 0. The van der Waals surface area contributed by atoms with Crippen molar-refractivity contribution in [3.05, 3.63) is 11.6 Å². The summed E-state index contributed by atoms with van der Waals surface area (Å²) in [4.78, 5) is 0. The van der Waals surface area contributed by atoms with Gasteiger partial charge in [-0.15, -0.1) is 0 Å². The Kier molecular flexibility index (Phi) is 1.93. The number of nitrogens with two attached hydrogens (primary N) is 1. The lowest BCUT2D eigenvalue weighted by Gasteiger charge is -2.17. The number of rotatable bonds is 1. The van der Waals surface area contributed by atoms with Gasteiger partial charge >= 0.3 is 0 Å². The molecule has 58 valence electrons. The molecule has 0 bridgehead atoms. The quantitative estimate of drug-likeness (QED) is 0.602. The van der Waals surface area contributed by atoms with E-state index in [1.165, 1.54) is 18.0 Å². The summed E-state index contributed by atoms with van der Waals surface area (Å²) in [6, 6.07) is 0. The number of hydrogen-bond acceptors (Lipinski definition) is 4. The van der Waals surface area contributed by atoms with Crippen LogP contribution in [0.5, 0.6) is 0 Å². The Bertz CT molecular complexity index is 246. The lowest BCUT2D eigenvalue weighted by atomic mass is 10.9. The third kappa shape index (κ3) is 1.44.